The zero-order chi connectivity index (χ0) is 8.27. The monoisotopic (exact) mass is 154 g/mol. The van der Waals surface area contributed by atoms with Crippen LogP contribution in [0, 0.1) is 4.91 Å². The SMILES string of the molecule is CCN1CN=CC(N=O)=C1N. The van der Waals surface area contributed by atoms with E-state index < -0.39 is 0 Å². The van der Waals surface area contributed by atoms with Crippen LogP contribution in [0.3, 0.4) is 0 Å². The van der Waals surface area contributed by atoms with Gasteiger partial charge in [-0.05, 0) is 12.1 Å². The summed E-state index contributed by atoms with van der Waals surface area (Å²) in [7, 11) is 0. The van der Waals surface area contributed by atoms with Crippen molar-refractivity contribution in [3.63, 3.8) is 0 Å². The van der Waals surface area contributed by atoms with Crippen LogP contribution >= 0.6 is 0 Å². The van der Waals surface area contributed by atoms with Gasteiger partial charge in [0.05, 0.1) is 6.21 Å². The summed E-state index contributed by atoms with van der Waals surface area (Å²) in [6.45, 7) is 3.19. The van der Waals surface area contributed by atoms with Crippen LogP contribution in [0.25, 0.3) is 0 Å². The van der Waals surface area contributed by atoms with Gasteiger partial charge in [-0.15, -0.1) is 4.91 Å². The Balaban J connectivity index is 2.87. The van der Waals surface area contributed by atoms with Crippen molar-refractivity contribution < 1.29 is 0 Å². The van der Waals surface area contributed by atoms with E-state index in [1.54, 1.807) is 4.90 Å². The van der Waals surface area contributed by atoms with Crippen molar-refractivity contribution in [1.29, 1.82) is 0 Å². The van der Waals surface area contributed by atoms with Gasteiger partial charge in [0.1, 0.15) is 12.5 Å². The fourth-order valence-electron chi connectivity index (χ4n) is 0.871. The van der Waals surface area contributed by atoms with Gasteiger partial charge in [0.25, 0.3) is 0 Å². The van der Waals surface area contributed by atoms with Gasteiger partial charge in [0, 0.05) is 6.54 Å². The summed E-state index contributed by atoms with van der Waals surface area (Å²) < 4.78 is 0. The molecule has 1 aliphatic rings. The van der Waals surface area contributed by atoms with E-state index in [-0.39, 0.29) is 5.70 Å². The van der Waals surface area contributed by atoms with Crippen molar-refractivity contribution in [2.24, 2.45) is 15.9 Å². The van der Waals surface area contributed by atoms with Crippen molar-refractivity contribution in [3.8, 4) is 0 Å². The van der Waals surface area contributed by atoms with E-state index in [9.17, 15) is 4.91 Å². The number of nitroso groups, excluding NO2 is 1. The molecular weight excluding hydrogens is 144 g/mol. The Labute approximate surface area is 64.6 Å². The summed E-state index contributed by atoms with van der Waals surface area (Å²) in [5.74, 6) is 0.414. The third kappa shape index (κ3) is 1.36. The Morgan fingerprint density at radius 2 is 2.64 bits per heavy atom. The molecule has 5 heteroatoms. The number of hydrogen-bond acceptors (Lipinski definition) is 5. The third-order valence-corrected chi connectivity index (χ3v) is 1.55. The molecule has 11 heavy (non-hydrogen) atoms. The predicted molar refractivity (Wildman–Crippen MR) is 42.7 cm³/mol. The summed E-state index contributed by atoms with van der Waals surface area (Å²) in [5.41, 5.74) is 5.79. The molecule has 0 atom stereocenters. The summed E-state index contributed by atoms with van der Waals surface area (Å²) in [6.07, 6.45) is 1.40. The highest BCUT2D eigenvalue weighted by atomic mass is 16.3. The summed E-state index contributed by atoms with van der Waals surface area (Å²) in [4.78, 5) is 15.8. The lowest BCUT2D eigenvalue weighted by Crippen LogP contribution is -2.31. The minimum absolute atomic E-state index is 0.220. The van der Waals surface area contributed by atoms with E-state index in [1.165, 1.54) is 6.21 Å². The molecule has 2 N–H and O–H groups in total. The van der Waals surface area contributed by atoms with Crippen LogP contribution < -0.4 is 5.73 Å². The zero-order valence-corrected chi connectivity index (χ0v) is 6.32. The number of nitrogens with zero attached hydrogens (tertiary/aromatic N) is 3. The highest BCUT2D eigenvalue weighted by molar-refractivity contribution is 5.79. The van der Waals surface area contributed by atoms with E-state index >= 15 is 0 Å². The Morgan fingerprint density at radius 3 is 3.18 bits per heavy atom. The first-order chi connectivity index (χ1) is 5.29. The van der Waals surface area contributed by atoms with E-state index in [0.29, 0.717) is 12.5 Å². The minimum Gasteiger partial charge on any atom is -0.383 e. The number of nitrogens with two attached hydrogens (primary N) is 1. The van der Waals surface area contributed by atoms with Crippen LogP contribution in [0.1, 0.15) is 6.92 Å². The molecule has 0 amide bonds. The second kappa shape index (κ2) is 3.14. The molecule has 1 heterocycles. The maximum atomic E-state index is 10.1. The number of allylic oxidation sites excluding steroid dienone is 1. The summed E-state index contributed by atoms with van der Waals surface area (Å²) >= 11 is 0. The molecule has 0 saturated heterocycles. The Morgan fingerprint density at radius 1 is 1.91 bits per heavy atom. The molecule has 0 spiro atoms. The van der Waals surface area contributed by atoms with Crippen LogP contribution in [0.5, 0.6) is 0 Å². The normalized spacial score (nSPS) is 17.4. The highest BCUT2D eigenvalue weighted by Gasteiger charge is 2.12. The molecule has 0 aromatic heterocycles. The molecule has 0 saturated carbocycles. The van der Waals surface area contributed by atoms with Gasteiger partial charge in [0.2, 0.25) is 0 Å². The first-order valence-corrected chi connectivity index (χ1v) is 3.37. The molecule has 0 fully saturated rings. The first kappa shape index (κ1) is 7.71. The van der Waals surface area contributed by atoms with Gasteiger partial charge in [-0.2, -0.15) is 0 Å². The van der Waals surface area contributed by atoms with Gasteiger partial charge in [-0.3, -0.25) is 4.99 Å². The van der Waals surface area contributed by atoms with Crippen molar-refractivity contribution in [2.45, 2.75) is 6.92 Å². The zero-order valence-electron chi connectivity index (χ0n) is 6.32. The fourth-order valence-corrected chi connectivity index (χ4v) is 0.871. The molecule has 1 aliphatic heterocycles. The maximum Gasteiger partial charge on any atom is 0.165 e. The molecule has 0 radical (unpaired) electrons. The van der Waals surface area contributed by atoms with E-state index in [1.807, 2.05) is 6.92 Å². The van der Waals surface area contributed by atoms with E-state index in [4.69, 9.17) is 5.73 Å². The smallest absolute Gasteiger partial charge is 0.165 e. The number of hydrogen-bond donors (Lipinski definition) is 1. The van der Waals surface area contributed by atoms with E-state index in [2.05, 4.69) is 10.2 Å². The van der Waals surface area contributed by atoms with Gasteiger partial charge < -0.3 is 10.6 Å². The third-order valence-electron chi connectivity index (χ3n) is 1.55. The minimum atomic E-state index is 0.220. The van der Waals surface area contributed by atoms with Crippen LogP contribution in [0.15, 0.2) is 21.7 Å². The van der Waals surface area contributed by atoms with Gasteiger partial charge in [-0.1, -0.05) is 0 Å². The lowest BCUT2D eigenvalue weighted by Gasteiger charge is -2.23. The van der Waals surface area contributed by atoms with Crippen LogP contribution in [0.2, 0.25) is 0 Å². The van der Waals surface area contributed by atoms with Gasteiger partial charge >= 0.3 is 0 Å². The van der Waals surface area contributed by atoms with Crippen molar-refractivity contribution in [2.75, 3.05) is 13.2 Å². The van der Waals surface area contributed by atoms with Gasteiger partial charge in [0.15, 0.2) is 5.70 Å². The summed E-state index contributed by atoms with van der Waals surface area (Å²) in [6, 6.07) is 0. The average Bonchev–Trinajstić information content (AvgIpc) is 2.05. The predicted octanol–water partition coefficient (Wildman–Crippen LogP) is 0.244. The van der Waals surface area contributed by atoms with Crippen molar-refractivity contribution in [1.82, 2.24) is 4.90 Å². The first-order valence-electron chi connectivity index (χ1n) is 3.37. The van der Waals surface area contributed by atoms with Crippen LogP contribution in [-0.2, 0) is 0 Å². The Kier molecular flexibility index (Phi) is 2.20. The molecule has 0 bridgehead atoms. The molecule has 1 rings (SSSR count). The largest absolute Gasteiger partial charge is 0.383 e. The summed E-state index contributed by atoms with van der Waals surface area (Å²) in [5, 5.41) is 2.74. The van der Waals surface area contributed by atoms with Crippen molar-refractivity contribution in [3.05, 3.63) is 16.4 Å². The second-order valence-corrected chi connectivity index (χ2v) is 2.17. The van der Waals surface area contributed by atoms with E-state index in [0.717, 1.165) is 6.54 Å². The molecule has 0 aliphatic carbocycles. The average molecular weight is 154 g/mol. The quantitative estimate of drug-likeness (QED) is 0.579. The Hall–Kier alpha value is -1.39. The topological polar surface area (TPSA) is 71.0 Å². The van der Waals surface area contributed by atoms with Gasteiger partial charge in [-0.25, -0.2) is 0 Å². The molecule has 0 unspecified atom stereocenters. The fraction of sp³-hybridized carbons (Fsp3) is 0.500. The number of aliphatic imine (C=N–C) groups is 1. The maximum absolute atomic E-state index is 10.1. The van der Waals surface area contributed by atoms with Crippen LogP contribution in [-0.4, -0.2) is 24.3 Å². The Bertz CT molecular complexity index is 221. The molecular formula is C6H10N4O. The molecule has 0 aromatic carbocycles. The van der Waals surface area contributed by atoms with Crippen LogP contribution in [0.4, 0.5) is 0 Å². The molecule has 5 nitrogen and oxygen atoms in total. The molecule has 0 aromatic rings. The standard InChI is InChI=1S/C6H10N4O/c1-2-10-4-8-3-5(9-11)6(10)7/h3H,2,4,7H2,1H3. The van der Waals surface area contributed by atoms with Crippen molar-refractivity contribution >= 4 is 6.21 Å². The second-order valence-electron chi connectivity index (χ2n) is 2.17. The highest BCUT2D eigenvalue weighted by Crippen LogP contribution is 2.08. The number of rotatable bonds is 2. The lowest BCUT2D eigenvalue weighted by atomic mass is 10.4. The lowest BCUT2D eigenvalue weighted by molar-refractivity contribution is 0.363. The molecule has 60 valence electrons.